The molecule has 0 aliphatic carbocycles. The first-order valence-electron chi connectivity index (χ1n) is 9.93. The van der Waals surface area contributed by atoms with Crippen LogP contribution in [0.25, 0.3) is 0 Å². The maximum Gasteiger partial charge on any atom is 0.242 e. The molecule has 1 fully saturated rings. The van der Waals surface area contributed by atoms with E-state index in [9.17, 15) is 12.8 Å². The zero-order valence-electron chi connectivity index (χ0n) is 17.4. The molecule has 1 aromatic carbocycles. The van der Waals surface area contributed by atoms with Crippen molar-refractivity contribution in [3.8, 4) is 0 Å². The van der Waals surface area contributed by atoms with Gasteiger partial charge in [-0.3, -0.25) is 9.98 Å². The highest BCUT2D eigenvalue weighted by Crippen LogP contribution is 2.20. The van der Waals surface area contributed by atoms with E-state index in [2.05, 4.69) is 24.9 Å². The lowest BCUT2D eigenvalue weighted by atomic mass is 10.2. The van der Waals surface area contributed by atoms with Crippen LogP contribution in [0.2, 0.25) is 0 Å². The number of aliphatic imine (C=N–C) groups is 1. The molecule has 0 saturated carbocycles. The normalized spacial score (nSPS) is 14.8. The van der Waals surface area contributed by atoms with Crippen LogP contribution in [0.15, 0.2) is 58.7 Å². The van der Waals surface area contributed by atoms with E-state index < -0.39 is 10.0 Å². The number of anilines is 1. The minimum absolute atomic E-state index is 0. The number of para-hydroxylation sites is 1. The monoisotopic (exact) mass is 562 g/mol. The third-order valence-electron chi connectivity index (χ3n) is 4.72. The summed E-state index contributed by atoms with van der Waals surface area (Å²) >= 11 is 0. The zero-order chi connectivity index (χ0) is 21.4. The number of hydrogen-bond acceptors (Lipinski definition) is 5. The number of pyridine rings is 1. The summed E-state index contributed by atoms with van der Waals surface area (Å²) in [4.78, 5) is 12.6. The Morgan fingerprint density at radius 2 is 1.90 bits per heavy atom. The Hall–Kier alpha value is -1.99. The van der Waals surface area contributed by atoms with Crippen molar-refractivity contribution in [2.24, 2.45) is 4.99 Å². The van der Waals surface area contributed by atoms with Gasteiger partial charge in [0.2, 0.25) is 10.0 Å². The first-order chi connectivity index (χ1) is 14.5. The Kier molecular flexibility index (Phi) is 9.91. The van der Waals surface area contributed by atoms with Gasteiger partial charge in [-0.15, -0.1) is 24.0 Å². The Balaban J connectivity index is 0.00000341. The van der Waals surface area contributed by atoms with Crippen LogP contribution in [0.5, 0.6) is 0 Å². The molecule has 2 heterocycles. The van der Waals surface area contributed by atoms with Gasteiger partial charge in [0.1, 0.15) is 10.7 Å². The number of hydrogen-bond donors (Lipinski definition) is 2. The Labute approximate surface area is 200 Å². The summed E-state index contributed by atoms with van der Waals surface area (Å²) in [5.41, 5.74) is 0.615. The minimum atomic E-state index is -3.60. The smallest absolute Gasteiger partial charge is 0.242 e. The maximum atomic E-state index is 14.0. The molecular formula is C20H28FIN6O2S. The molecule has 3 rings (SSSR count). The van der Waals surface area contributed by atoms with Gasteiger partial charge < -0.3 is 15.1 Å². The first kappa shape index (κ1) is 25.3. The molecule has 0 atom stereocenters. The lowest BCUT2D eigenvalue weighted by Crippen LogP contribution is -2.52. The quantitative estimate of drug-likeness (QED) is 0.232. The van der Waals surface area contributed by atoms with E-state index in [1.54, 1.807) is 18.2 Å². The average Bonchev–Trinajstić information content (AvgIpc) is 2.77. The van der Waals surface area contributed by atoms with Gasteiger partial charge in [-0.2, -0.15) is 0 Å². The molecule has 8 nitrogen and oxygen atoms in total. The molecule has 2 aromatic rings. The molecule has 11 heteroatoms. The van der Waals surface area contributed by atoms with Crippen molar-refractivity contribution in [1.29, 1.82) is 0 Å². The first-order valence-corrected chi connectivity index (χ1v) is 11.4. The Morgan fingerprint density at radius 3 is 2.55 bits per heavy atom. The van der Waals surface area contributed by atoms with E-state index in [1.165, 1.54) is 24.5 Å². The fourth-order valence-corrected chi connectivity index (χ4v) is 4.21. The van der Waals surface area contributed by atoms with Gasteiger partial charge in [-0.25, -0.2) is 17.5 Å². The average molecular weight is 562 g/mol. The number of rotatable bonds is 7. The molecule has 31 heavy (non-hydrogen) atoms. The van der Waals surface area contributed by atoms with Gasteiger partial charge in [-0.05, 0) is 31.2 Å². The van der Waals surface area contributed by atoms with E-state index in [4.69, 9.17) is 0 Å². The highest BCUT2D eigenvalue weighted by molar-refractivity contribution is 14.0. The van der Waals surface area contributed by atoms with Crippen molar-refractivity contribution in [1.82, 2.24) is 19.9 Å². The maximum absolute atomic E-state index is 14.0. The fraction of sp³-hybridized carbons (Fsp3) is 0.400. The van der Waals surface area contributed by atoms with Gasteiger partial charge in [0.25, 0.3) is 0 Å². The second-order valence-electron chi connectivity index (χ2n) is 6.75. The third kappa shape index (κ3) is 7.01. The Morgan fingerprint density at radius 1 is 1.16 bits per heavy atom. The molecule has 0 amide bonds. The van der Waals surface area contributed by atoms with Crippen molar-refractivity contribution in [3.05, 3.63) is 54.6 Å². The van der Waals surface area contributed by atoms with E-state index in [0.717, 1.165) is 5.96 Å². The second-order valence-corrected chi connectivity index (χ2v) is 8.51. The molecule has 1 aliphatic rings. The van der Waals surface area contributed by atoms with Crippen molar-refractivity contribution in [2.45, 2.75) is 11.8 Å². The molecule has 1 saturated heterocycles. The van der Waals surface area contributed by atoms with E-state index in [-0.39, 0.29) is 41.2 Å². The van der Waals surface area contributed by atoms with E-state index in [1.807, 2.05) is 17.9 Å². The van der Waals surface area contributed by atoms with Crippen molar-refractivity contribution < 1.29 is 12.8 Å². The SMILES string of the molecule is CCNC(=NCCNS(=O)(=O)c1cccnc1)N1CCN(c2ccccc2F)CC1.I. The van der Waals surface area contributed by atoms with Crippen molar-refractivity contribution >= 4 is 45.6 Å². The molecule has 0 unspecified atom stereocenters. The summed E-state index contributed by atoms with van der Waals surface area (Å²) in [6.07, 6.45) is 2.84. The summed E-state index contributed by atoms with van der Waals surface area (Å²) in [6.45, 7) is 5.92. The van der Waals surface area contributed by atoms with Crippen LogP contribution < -0.4 is 14.9 Å². The fourth-order valence-electron chi connectivity index (χ4n) is 3.22. The number of piperazine rings is 1. The third-order valence-corrected chi connectivity index (χ3v) is 6.16. The van der Waals surface area contributed by atoms with Gasteiger partial charge in [0.05, 0.1) is 12.2 Å². The largest absolute Gasteiger partial charge is 0.366 e. The van der Waals surface area contributed by atoms with E-state index in [0.29, 0.717) is 45.0 Å². The lowest BCUT2D eigenvalue weighted by Gasteiger charge is -2.37. The topological polar surface area (TPSA) is 89.9 Å². The van der Waals surface area contributed by atoms with Gasteiger partial charge in [0.15, 0.2) is 5.96 Å². The van der Waals surface area contributed by atoms with Gasteiger partial charge >= 0.3 is 0 Å². The van der Waals surface area contributed by atoms with Crippen LogP contribution in [0.1, 0.15) is 6.92 Å². The number of nitrogens with zero attached hydrogens (tertiary/aromatic N) is 4. The van der Waals surface area contributed by atoms with Crippen LogP contribution in [0.4, 0.5) is 10.1 Å². The van der Waals surface area contributed by atoms with Crippen LogP contribution in [-0.4, -0.2) is 70.1 Å². The molecule has 0 radical (unpaired) electrons. The van der Waals surface area contributed by atoms with Crippen molar-refractivity contribution in [3.63, 3.8) is 0 Å². The number of benzene rings is 1. The highest BCUT2D eigenvalue weighted by atomic mass is 127. The summed E-state index contributed by atoms with van der Waals surface area (Å²) in [5.74, 6) is 0.513. The standard InChI is InChI=1S/C20H27FN6O2S.HI/c1-2-23-20(24-10-11-25-30(28,29)17-6-5-9-22-16-17)27-14-12-26(13-15-27)19-8-4-3-7-18(19)21;/h3-9,16,25H,2,10-15H2,1H3,(H,23,24);1H. The summed E-state index contributed by atoms with van der Waals surface area (Å²) in [5, 5.41) is 3.24. The number of sulfonamides is 1. The van der Waals surface area contributed by atoms with Crippen LogP contribution in [0, 0.1) is 5.82 Å². The summed E-state index contributed by atoms with van der Waals surface area (Å²) in [6, 6.07) is 9.86. The predicted octanol–water partition coefficient (Wildman–Crippen LogP) is 1.90. The molecule has 1 aliphatic heterocycles. The number of guanidine groups is 1. The number of nitrogens with one attached hydrogen (secondary N) is 2. The molecule has 2 N–H and O–H groups in total. The lowest BCUT2D eigenvalue weighted by molar-refractivity contribution is 0.371. The molecule has 0 bridgehead atoms. The Bertz CT molecular complexity index is 953. The molecule has 0 spiro atoms. The summed E-state index contributed by atoms with van der Waals surface area (Å²) in [7, 11) is -3.60. The predicted molar refractivity (Wildman–Crippen MR) is 131 cm³/mol. The minimum Gasteiger partial charge on any atom is -0.366 e. The number of aromatic nitrogens is 1. The van der Waals surface area contributed by atoms with Crippen LogP contribution >= 0.6 is 24.0 Å². The summed E-state index contributed by atoms with van der Waals surface area (Å²) < 4.78 is 41.0. The molecule has 170 valence electrons. The number of halogens is 2. The zero-order valence-corrected chi connectivity index (χ0v) is 20.5. The van der Waals surface area contributed by atoms with Crippen LogP contribution in [-0.2, 0) is 10.0 Å². The second kappa shape index (κ2) is 12.2. The van der Waals surface area contributed by atoms with Gasteiger partial charge in [-0.1, -0.05) is 12.1 Å². The molecule has 1 aromatic heterocycles. The highest BCUT2D eigenvalue weighted by Gasteiger charge is 2.21. The van der Waals surface area contributed by atoms with Crippen molar-refractivity contribution in [2.75, 3.05) is 50.7 Å². The van der Waals surface area contributed by atoms with Gasteiger partial charge in [0, 0.05) is 51.7 Å². The molecular weight excluding hydrogens is 534 g/mol. The van der Waals surface area contributed by atoms with E-state index >= 15 is 0 Å². The van der Waals surface area contributed by atoms with Crippen LogP contribution in [0.3, 0.4) is 0 Å².